The van der Waals surface area contributed by atoms with Crippen LogP contribution in [0.4, 0.5) is 0 Å². The van der Waals surface area contributed by atoms with Gasteiger partial charge in [0.2, 0.25) is 0 Å². The predicted molar refractivity (Wildman–Crippen MR) is 77.8 cm³/mol. The van der Waals surface area contributed by atoms with Crippen molar-refractivity contribution in [3.63, 3.8) is 0 Å². The lowest BCUT2D eigenvalue weighted by atomic mass is 9.74. The highest BCUT2D eigenvalue weighted by Crippen LogP contribution is 2.60. The number of rotatable bonds is 5. The van der Waals surface area contributed by atoms with Gasteiger partial charge in [-0.3, -0.25) is 0 Å². The normalized spacial score (nSPS) is 39.6. The lowest BCUT2D eigenvalue weighted by Crippen LogP contribution is -2.23. The van der Waals surface area contributed by atoms with Crippen molar-refractivity contribution in [2.45, 2.75) is 66.5 Å². The molecular weight excluding hydrogens is 211 g/mol. The first-order valence-corrected chi connectivity index (χ1v) is 9.06. The minimum Gasteiger partial charge on any atom is -0.104 e. The fraction of sp³-hybridized carbons (Fsp3) is 1.00. The summed E-state index contributed by atoms with van der Waals surface area (Å²) in [6.07, 6.45) is 7.16. The molecule has 1 saturated carbocycles. The molecule has 0 heterocycles. The fourth-order valence-corrected chi connectivity index (χ4v) is 7.08. The Hall–Kier alpha value is 0.430. The van der Waals surface area contributed by atoms with Gasteiger partial charge in [0.25, 0.3) is 0 Å². The van der Waals surface area contributed by atoms with Gasteiger partial charge in [-0.05, 0) is 41.7 Å². The van der Waals surface area contributed by atoms with Crippen LogP contribution in [-0.2, 0) is 0 Å². The van der Waals surface area contributed by atoms with Crippen molar-refractivity contribution in [2.75, 3.05) is 12.3 Å². The molecule has 0 aromatic rings. The van der Waals surface area contributed by atoms with E-state index in [2.05, 4.69) is 41.5 Å². The van der Waals surface area contributed by atoms with Crippen LogP contribution in [0.5, 0.6) is 0 Å². The van der Waals surface area contributed by atoms with Crippen molar-refractivity contribution in [1.29, 1.82) is 0 Å². The van der Waals surface area contributed by atoms with Crippen LogP contribution in [0, 0.1) is 17.3 Å². The molecule has 1 fully saturated rings. The molecule has 1 aliphatic rings. The van der Waals surface area contributed by atoms with Gasteiger partial charge in [0.1, 0.15) is 0 Å². The van der Waals surface area contributed by atoms with E-state index in [4.69, 9.17) is 0 Å². The largest absolute Gasteiger partial charge is 0.104 e. The van der Waals surface area contributed by atoms with Gasteiger partial charge in [-0.1, -0.05) is 54.4 Å². The average Bonchev–Trinajstić information content (AvgIpc) is 2.54. The summed E-state index contributed by atoms with van der Waals surface area (Å²) in [4.78, 5) is 0. The molecule has 16 heavy (non-hydrogen) atoms. The van der Waals surface area contributed by atoms with Gasteiger partial charge in [0.15, 0.2) is 0 Å². The Morgan fingerprint density at radius 2 is 1.69 bits per heavy atom. The van der Waals surface area contributed by atoms with E-state index in [1.54, 1.807) is 0 Å². The molecule has 4 atom stereocenters. The first kappa shape index (κ1) is 14.5. The summed E-state index contributed by atoms with van der Waals surface area (Å²) in [5, 5.41) is 0. The van der Waals surface area contributed by atoms with Gasteiger partial charge in [-0.25, -0.2) is 0 Å². The minimum atomic E-state index is 0.307. The van der Waals surface area contributed by atoms with Crippen LogP contribution in [-0.4, -0.2) is 18.0 Å². The second-order valence-electron chi connectivity index (χ2n) is 5.87. The maximum atomic E-state index is 2.55. The molecule has 0 aromatic carbocycles. The van der Waals surface area contributed by atoms with Crippen LogP contribution in [0.2, 0.25) is 0 Å². The molecule has 1 aliphatic carbocycles. The van der Waals surface area contributed by atoms with E-state index in [0.29, 0.717) is 13.3 Å². The van der Waals surface area contributed by atoms with Gasteiger partial charge in [-0.2, -0.15) is 0 Å². The van der Waals surface area contributed by atoms with Gasteiger partial charge in [0.05, 0.1) is 0 Å². The van der Waals surface area contributed by atoms with E-state index in [-0.39, 0.29) is 0 Å². The summed E-state index contributed by atoms with van der Waals surface area (Å²) in [7, 11) is 0.307. The van der Waals surface area contributed by atoms with Gasteiger partial charge in [-0.15, -0.1) is 7.92 Å². The van der Waals surface area contributed by atoms with Crippen LogP contribution in [0.3, 0.4) is 0 Å². The summed E-state index contributed by atoms with van der Waals surface area (Å²) >= 11 is 0. The molecule has 0 amide bonds. The standard InChI is InChI=1S/C15H31P/c1-7-13-12(5)14(16(9-3)10-4)11-15(13,6)8-2/h12-14H,7-11H2,1-6H3. The van der Waals surface area contributed by atoms with Crippen molar-refractivity contribution < 1.29 is 0 Å². The molecule has 0 aromatic heterocycles. The molecule has 0 saturated heterocycles. The molecule has 96 valence electrons. The highest BCUT2D eigenvalue weighted by atomic mass is 31.1. The molecule has 0 aliphatic heterocycles. The van der Waals surface area contributed by atoms with E-state index >= 15 is 0 Å². The van der Waals surface area contributed by atoms with Gasteiger partial charge in [0, 0.05) is 0 Å². The predicted octanol–water partition coefficient (Wildman–Crippen LogP) is 5.36. The van der Waals surface area contributed by atoms with Crippen LogP contribution >= 0.6 is 7.92 Å². The quantitative estimate of drug-likeness (QED) is 0.569. The Morgan fingerprint density at radius 3 is 2.00 bits per heavy atom. The van der Waals surface area contributed by atoms with Crippen LogP contribution < -0.4 is 0 Å². The summed E-state index contributed by atoms with van der Waals surface area (Å²) in [6.45, 7) is 14.7. The average molecular weight is 242 g/mol. The lowest BCUT2D eigenvalue weighted by Gasteiger charge is -2.31. The highest BCUT2D eigenvalue weighted by molar-refractivity contribution is 7.58. The second kappa shape index (κ2) is 5.85. The Labute approximate surface area is 104 Å². The third kappa shape index (κ3) is 2.47. The summed E-state index contributed by atoms with van der Waals surface area (Å²) in [6, 6.07) is 0. The summed E-state index contributed by atoms with van der Waals surface area (Å²) in [5.74, 6) is 1.95. The van der Waals surface area contributed by atoms with Crippen molar-refractivity contribution in [2.24, 2.45) is 17.3 Å². The molecule has 0 radical (unpaired) electrons. The number of hydrogen-bond acceptors (Lipinski definition) is 0. The zero-order chi connectivity index (χ0) is 12.3. The van der Waals surface area contributed by atoms with Crippen molar-refractivity contribution in [3.05, 3.63) is 0 Å². The van der Waals surface area contributed by atoms with E-state index in [0.717, 1.165) is 17.5 Å². The van der Waals surface area contributed by atoms with Crippen molar-refractivity contribution in [1.82, 2.24) is 0 Å². The Balaban J connectivity index is 2.85. The maximum Gasteiger partial charge on any atom is -0.0176 e. The van der Waals surface area contributed by atoms with E-state index < -0.39 is 0 Å². The van der Waals surface area contributed by atoms with Crippen LogP contribution in [0.1, 0.15) is 60.8 Å². The molecule has 0 nitrogen and oxygen atoms in total. The second-order valence-corrected chi connectivity index (χ2v) is 8.98. The third-order valence-corrected chi connectivity index (χ3v) is 8.56. The molecule has 1 heteroatoms. The van der Waals surface area contributed by atoms with E-state index in [1.807, 2.05) is 0 Å². The maximum absolute atomic E-state index is 2.55. The summed E-state index contributed by atoms with van der Waals surface area (Å²) < 4.78 is 0. The fourth-order valence-electron chi connectivity index (χ4n) is 4.14. The summed E-state index contributed by atoms with van der Waals surface area (Å²) in [5.41, 5.74) is 1.70. The van der Waals surface area contributed by atoms with Crippen LogP contribution in [0.25, 0.3) is 0 Å². The Morgan fingerprint density at radius 1 is 1.12 bits per heavy atom. The Bertz CT molecular complexity index is 209. The molecule has 0 N–H and O–H groups in total. The van der Waals surface area contributed by atoms with Gasteiger partial charge < -0.3 is 0 Å². The first-order valence-electron chi connectivity index (χ1n) is 7.28. The highest BCUT2D eigenvalue weighted by Gasteiger charge is 2.47. The zero-order valence-electron chi connectivity index (χ0n) is 12.2. The van der Waals surface area contributed by atoms with Crippen LogP contribution in [0.15, 0.2) is 0 Å². The topological polar surface area (TPSA) is 0 Å². The smallest absolute Gasteiger partial charge is 0.0176 e. The SMILES string of the molecule is CCC1C(C)C(P(CC)CC)CC1(C)CC. The Kier molecular flexibility index (Phi) is 5.30. The van der Waals surface area contributed by atoms with Crippen molar-refractivity contribution >= 4 is 7.92 Å². The zero-order valence-corrected chi connectivity index (χ0v) is 13.1. The van der Waals surface area contributed by atoms with Gasteiger partial charge >= 0.3 is 0 Å². The third-order valence-electron chi connectivity index (χ3n) is 5.34. The lowest BCUT2D eigenvalue weighted by molar-refractivity contribution is 0.185. The molecule has 1 rings (SSSR count). The minimum absolute atomic E-state index is 0.307. The van der Waals surface area contributed by atoms with E-state index in [9.17, 15) is 0 Å². The first-order chi connectivity index (χ1) is 7.53. The monoisotopic (exact) mass is 242 g/mol. The van der Waals surface area contributed by atoms with Crippen molar-refractivity contribution in [3.8, 4) is 0 Å². The number of hydrogen-bond donors (Lipinski definition) is 0. The van der Waals surface area contributed by atoms with E-state index in [1.165, 1.54) is 31.6 Å². The molecule has 0 bridgehead atoms. The molecular formula is C15H31P. The molecule has 0 spiro atoms. The molecule has 4 unspecified atom stereocenters.